The lowest BCUT2D eigenvalue weighted by Gasteiger charge is -2.21. The van der Waals surface area contributed by atoms with Gasteiger partial charge < -0.3 is 15.5 Å². The van der Waals surface area contributed by atoms with Crippen LogP contribution in [0.1, 0.15) is 57.6 Å². The molecular formula is C22H38IN5O. The first-order valence-corrected chi connectivity index (χ1v) is 10.8. The van der Waals surface area contributed by atoms with Crippen molar-refractivity contribution in [2.75, 3.05) is 33.2 Å². The van der Waals surface area contributed by atoms with Gasteiger partial charge in [-0.15, -0.1) is 24.0 Å². The fraction of sp³-hybridized carbons (Fsp3) is 0.682. The van der Waals surface area contributed by atoms with Gasteiger partial charge in [0.15, 0.2) is 5.96 Å². The van der Waals surface area contributed by atoms with E-state index >= 15 is 0 Å². The van der Waals surface area contributed by atoms with Crippen LogP contribution in [-0.2, 0) is 11.2 Å². The lowest BCUT2D eigenvalue weighted by Crippen LogP contribution is -2.39. The highest BCUT2D eigenvalue weighted by Crippen LogP contribution is 2.26. The molecule has 2 rings (SSSR count). The van der Waals surface area contributed by atoms with Crippen molar-refractivity contribution in [2.24, 2.45) is 10.9 Å². The van der Waals surface area contributed by atoms with Crippen molar-refractivity contribution >= 4 is 35.8 Å². The van der Waals surface area contributed by atoms with Gasteiger partial charge in [0.05, 0.1) is 0 Å². The van der Waals surface area contributed by atoms with Crippen molar-refractivity contribution in [3.63, 3.8) is 0 Å². The molecule has 7 heteroatoms. The number of nitrogens with zero attached hydrogens (tertiary/aromatic N) is 3. The topological polar surface area (TPSA) is 69.6 Å². The fourth-order valence-electron chi connectivity index (χ4n) is 3.64. The molecule has 1 heterocycles. The minimum absolute atomic E-state index is 0. The second-order valence-corrected chi connectivity index (χ2v) is 7.65. The highest BCUT2D eigenvalue weighted by molar-refractivity contribution is 14.0. The van der Waals surface area contributed by atoms with Crippen LogP contribution in [-0.4, -0.2) is 55.0 Å². The maximum atomic E-state index is 12.4. The zero-order valence-corrected chi connectivity index (χ0v) is 20.4. The number of amides is 1. The SMILES string of the molecule is CCNC(=NCC(=O)N(C)CCc1ccccn1)NCCCC1CCCCC1.I. The van der Waals surface area contributed by atoms with Gasteiger partial charge in [0.25, 0.3) is 0 Å². The highest BCUT2D eigenvalue weighted by Gasteiger charge is 2.13. The number of hydrogen-bond acceptors (Lipinski definition) is 3. The van der Waals surface area contributed by atoms with E-state index in [0.717, 1.165) is 43.5 Å². The Bertz CT molecular complexity index is 590. The summed E-state index contributed by atoms with van der Waals surface area (Å²) in [6.45, 7) is 4.55. The summed E-state index contributed by atoms with van der Waals surface area (Å²) in [5.41, 5.74) is 0.999. The van der Waals surface area contributed by atoms with Crippen molar-refractivity contribution in [3.8, 4) is 0 Å². The van der Waals surface area contributed by atoms with Gasteiger partial charge in [-0.3, -0.25) is 9.78 Å². The van der Waals surface area contributed by atoms with E-state index in [1.807, 2.05) is 32.2 Å². The van der Waals surface area contributed by atoms with Crippen LogP contribution < -0.4 is 10.6 Å². The van der Waals surface area contributed by atoms with Crippen molar-refractivity contribution in [3.05, 3.63) is 30.1 Å². The van der Waals surface area contributed by atoms with Crippen LogP contribution in [0.25, 0.3) is 0 Å². The second kappa shape index (κ2) is 15.5. The lowest BCUT2D eigenvalue weighted by molar-refractivity contribution is -0.128. The number of carbonyl (C=O) groups excluding carboxylic acids is 1. The van der Waals surface area contributed by atoms with Crippen LogP contribution in [0.5, 0.6) is 0 Å². The van der Waals surface area contributed by atoms with Crippen LogP contribution in [0.3, 0.4) is 0 Å². The third-order valence-corrected chi connectivity index (χ3v) is 5.38. The van der Waals surface area contributed by atoms with Crippen molar-refractivity contribution < 1.29 is 4.79 Å². The Morgan fingerprint density at radius 2 is 2.03 bits per heavy atom. The first-order valence-electron chi connectivity index (χ1n) is 10.8. The number of rotatable bonds is 10. The summed E-state index contributed by atoms with van der Waals surface area (Å²) in [6, 6.07) is 5.85. The third-order valence-electron chi connectivity index (χ3n) is 5.38. The summed E-state index contributed by atoms with van der Waals surface area (Å²) in [6.07, 6.45) is 12.0. The molecular weight excluding hydrogens is 477 g/mol. The second-order valence-electron chi connectivity index (χ2n) is 7.65. The number of pyridine rings is 1. The molecule has 1 aromatic rings. The van der Waals surface area contributed by atoms with Gasteiger partial charge in [-0.2, -0.15) is 0 Å². The molecule has 0 saturated heterocycles. The number of aromatic nitrogens is 1. The zero-order chi connectivity index (χ0) is 20.0. The van der Waals surface area contributed by atoms with Crippen molar-refractivity contribution in [1.29, 1.82) is 0 Å². The molecule has 0 atom stereocenters. The standard InChI is InChI=1S/C22H37N5O.HI/c1-3-23-22(25-16-9-12-19-10-5-4-6-11-19)26-18-21(28)27(2)17-14-20-13-7-8-15-24-20;/h7-8,13,15,19H,3-6,9-12,14,16-18H2,1-2H3,(H2,23,25,26);1H. The van der Waals surface area contributed by atoms with Gasteiger partial charge in [0.1, 0.15) is 6.54 Å². The molecule has 0 aromatic carbocycles. The van der Waals surface area contributed by atoms with Gasteiger partial charge in [-0.05, 0) is 37.8 Å². The number of carbonyl (C=O) groups is 1. The molecule has 1 fully saturated rings. The molecule has 6 nitrogen and oxygen atoms in total. The van der Waals surface area contributed by atoms with E-state index in [-0.39, 0.29) is 36.4 Å². The van der Waals surface area contributed by atoms with Gasteiger partial charge in [-0.25, -0.2) is 4.99 Å². The summed E-state index contributed by atoms with van der Waals surface area (Å²) in [5.74, 6) is 1.66. The first kappa shape index (κ1) is 25.7. The van der Waals surface area contributed by atoms with Crippen LogP contribution >= 0.6 is 24.0 Å². The monoisotopic (exact) mass is 515 g/mol. The summed E-state index contributed by atoms with van der Waals surface area (Å²) in [5, 5.41) is 6.60. The van der Waals surface area contributed by atoms with E-state index < -0.39 is 0 Å². The molecule has 29 heavy (non-hydrogen) atoms. The smallest absolute Gasteiger partial charge is 0.244 e. The van der Waals surface area contributed by atoms with Crippen molar-refractivity contribution in [2.45, 2.75) is 58.3 Å². The molecule has 1 aliphatic rings. The average Bonchev–Trinajstić information content (AvgIpc) is 2.74. The number of nitrogens with one attached hydrogen (secondary N) is 2. The maximum Gasteiger partial charge on any atom is 0.244 e. The molecule has 0 aliphatic heterocycles. The van der Waals surface area contributed by atoms with E-state index in [4.69, 9.17) is 0 Å². The molecule has 1 aliphatic carbocycles. The van der Waals surface area contributed by atoms with Crippen LogP contribution in [0, 0.1) is 5.92 Å². The Morgan fingerprint density at radius 1 is 1.24 bits per heavy atom. The van der Waals surface area contributed by atoms with Crippen molar-refractivity contribution in [1.82, 2.24) is 20.5 Å². The minimum atomic E-state index is 0. The Morgan fingerprint density at radius 3 is 2.72 bits per heavy atom. The molecule has 1 amide bonds. The maximum absolute atomic E-state index is 12.4. The molecule has 164 valence electrons. The molecule has 0 unspecified atom stereocenters. The summed E-state index contributed by atoms with van der Waals surface area (Å²) < 4.78 is 0. The van der Waals surface area contributed by atoms with E-state index in [0.29, 0.717) is 6.54 Å². The molecule has 0 radical (unpaired) electrons. The van der Waals surface area contributed by atoms with E-state index in [9.17, 15) is 4.79 Å². The first-order chi connectivity index (χ1) is 13.7. The van der Waals surface area contributed by atoms with Gasteiger partial charge in [0.2, 0.25) is 5.91 Å². The number of hydrogen-bond donors (Lipinski definition) is 2. The van der Waals surface area contributed by atoms with Crippen LogP contribution in [0.2, 0.25) is 0 Å². The van der Waals surface area contributed by atoms with Gasteiger partial charge >= 0.3 is 0 Å². The third kappa shape index (κ3) is 10.8. The number of halogens is 1. The molecule has 1 saturated carbocycles. The number of guanidine groups is 1. The Labute approximate surface area is 193 Å². The summed E-state index contributed by atoms with van der Waals surface area (Å²) >= 11 is 0. The Hall–Kier alpha value is -1.38. The summed E-state index contributed by atoms with van der Waals surface area (Å²) in [7, 11) is 1.82. The van der Waals surface area contributed by atoms with E-state index in [1.165, 1.54) is 38.5 Å². The van der Waals surface area contributed by atoms with Crippen LogP contribution in [0.4, 0.5) is 0 Å². The quantitative estimate of drug-likeness (QED) is 0.216. The highest BCUT2D eigenvalue weighted by atomic mass is 127. The van der Waals surface area contributed by atoms with Crippen LogP contribution in [0.15, 0.2) is 29.4 Å². The minimum Gasteiger partial charge on any atom is -0.357 e. The van der Waals surface area contributed by atoms with Gasteiger partial charge in [0, 0.05) is 45.0 Å². The number of aliphatic imine (C=N–C) groups is 1. The Kier molecular flexibility index (Phi) is 13.7. The lowest BCUT2D eigenvalue weighted by atomic mass is 9.86. The summed E-state index contributed by atoms with van der Waals surface area (Å²) in [4.78, 5) is 22.8. The zero-order valence-electron chi connectivity index (χ0n) is 18.0. The van der Waals surface area contributed by atoms with E-state index in [1.54, 1.807) is 11.1 Å². The van der Waals surface area contributed by atoms with Gasteiger partial charge in [-0.1, -0.05) is 38.2 Å². The Balaban J connectivity index is 0.00000420. The average molecular weight is 515 g/mol. The molecule has 2 N–H and O–H groups in total. The molecule has 0 spiro atoms. The molecule has 1 aromatic heterocycles. The normalized spacial score (nSPS) is 14.8. The largest absolute Gasteiger partial charge is 0.357 e. The predicted octanol–water partition coefficient (Wildman–Crippen LogP) is 3.62. The predicted molar refractivity (Wildman–Crippen MR) is 131 cm³/mol. The number of likely N-dealkylation sites (N-methyl/N-ethyl adjacent to an activating group) is 1. The fourth-order valence-corrected chi connectivity index (χ4v) is 3.64. The molecule has 0 bridgehead atoms. The van der Waals surface area contributed by atoms with E-state index in [2.05, 4.69) is 20.6 Å².